The highest BCUT2D eigenvalue weighted by molar-refractivity contribution is 5.90. The van der Waals surface area contributed by atoms with Crippen LogP contribution >= 0.6 is 0 Å². The number of nitrogens with two attached hydrogens (primary N) is 1. The molecule has 5 heteroatoms. The molecule has 104 valence electrons. The predicted octanol–water partition coefficient (Wildman–Crippen LogP) is 2.95. The second-order valence-corrected chi connectivity index (χ2v) is 5.60. The predicted molar refractivity (Wildman–Crippen MR) is 72.8 cm³/mol. The number of hydrogen-bond donors (Lipinski definition) is 3. The van der Waals surface area contributed by atoms with Gasteiger partial charge in [-0.1, -0.05) is 13.8 Å². The largest absolute Gasteiger partial charge is 0.478 e. The molecule has 4 N–H and O–H groups in total. The van der Waals surface area contributed by atoms with Gasteiger partial charge in [0.25, 0.3) is 0 Å². The van der Waals surface area contributed by atoms with Crippen molar-refractivity contribution in [3.8, 4) is 0 Å². The van der Waals surface area contributed by atoms with Crippen molar-refractivity contribution in [2.24, 2.45) is 11.3 Å². The summed E-state index contributed by atoms with van der Waals surface area (Å²) < 4.78 is 13.6. The van der Waals surface area contributed by atoms with E-state index in [1.165, 1.54) is 0 Å². The zero-order chi connectivity index (χ0) is 14.2. The van der Waals surface area contributed by atoms with Crippen LogP contribution in [0.1, 0.15) is 37.0 Å². The molecule has 0 aromatic heterocycles. The van der Waals surface area contributed by atoms with Crippen LogP contribution in [0.2, 0.25) is 0 Å². The van der Waals surface area contributed by atoms with Gasteiger partial charge in [0, 0.05) is 6.54 Å². The number of anilines is 2. The SMILES string of the molecule is CC(C)C1(CNc2cc(F)c(C(=O)O)cc2N)CC1. The number of carboxylic acids is 1. The molecule has 19 heavy (non-hydrogen) atoms. The summed E-state index contributed by atoms with van der Waals surface area (Å²) in [6.07, 6.45) is 2.32. The molecule has 1 fully saturated rings. The van der Waals surface area contributed by atoms with Crippen molar-refractivity contribution < 1.29 is 14.3 Å². The topological polar surface area (TPSA) is 75.3 Å². The maximum atomic E-state index is 13.6. The van der Waals surface area contributed by atoms with Gasteiger partial charge in [0.15, 0.2) is 0 Å². The molecule has 0 radical (unpaired) electrons. The molecular formula is C14H19FN2O2. The van der Waals surface area contributed by atoms with E-state index in [2.05, 4.69) is 19.2 Å². The Kier molecular flexibility index (Phi) is 3.39. The van der Waals surface area contributed by atoms with Crippen molar-refractivity contribution in [3.63, 3.8) is 0 Å². The molecule has 0 heterocycles. The minimum absolute atomic E-state index is 0.262. The highest BCUT2D eigenvalue weighted by Gasteiger charge is 2.44. The lowest BCUT2D eigenvalue weighted by Crippen LogP contribution is -2.21. The molecule has 0 bridgehead atoms. The number of rotatable bonds is 5. The number of aromatic carboxylic acids is 1. The van der Waals surface area contributed by atoms with Gasteiger partial charge in [-0.25, -0.2) is 9.18 Å². The Morgan fingerprint density at radius 1 is 1.53 bits per heavy atom. The molecule has 1 aliphatic carbocycles. The van der Waals surface area contributed by atoms with Crippen LogP contribution in [0.25, 0.3) is 0 Å². The molecule has 2 rings (SSSR count). The molecular weight excluding hydrogens is 247 g/mol. The van der Waals surface area contributed by atoms with Crippen LogP contribution in [0.4, 0.5) is 15.8 Å². The van der Waals surface area contributed by atoms with Gasteiger partial charge in [0.1, 0.15) is 5.82 Å². The average molecular weight is 266 g/mol. The third-order valence-electron chi connectivity index (χ3n) is 4.12. The van der Waals surface area contributed by atoms with Crippen LogP contribution in [-0.2, 0) is 0 Å². The smallest absolute Gasteiger partial charge is 0.338 e. The monoisotopic (exact) mass is 266 g/mol. The van der Waals surface area contributed by atoms with E-state index in [1.807, 2.05) is 0 Å². The first kappa shape index (κ1) is 13.6. The van der Waals surface area contributed by atoms with E-state index in [0.29, 0.717) is 11.6 Å². The van der Waals surface area contributed by atoms with E-state index in [4.69, 9.17) is 10.8 Å². The molecule has 0 saturated heterocycles. The minimum atomic E-state index is -1.31. The first-order valence-corrected chi connectivity index (χ1v) is 6.42. The maximum Gasteiger partial charge on any atom is 0.338 e. The molecule has 1 aliphatic rings. The van der Waals surface area contributed by atoms with Crippen molar-refractivity contribution in [3.05, 3.63) is 23.5 Å². The lowest BCUT2D eigenvalue weighted by molar-refractivity contribution is 0.0692. The molecule has 4 nitrogen and oxygen atoms in total. The number of hydrogen-bond acceptors (Lipinski definition) is 3. The number of benzene rings is 1. The minimum Gasteiger partial charge on any atom is -0.478 e. The Bertz CT molecular complexity index is 510. The van der Waals surface area contributed by atoms with Gasteiger partial charge >= 0.3 is 5.97 Å². The van der Waals surface area contributed by atoms with Gasteiger partial charge in [-0.15, -0.1) is 0 Å². The summed E-state index contributed by atoms with van der Waals surface area (Å²) in [4.78, 5) is 10.8. The summed E-state index contributed by atoms with van der Waals surface area (Å²) >= 11 is 0. The maximum absolute atomic E-state index is 13.6. The second-order valence-electron chi connectivity index (χ2n) is 5.60. The highest BCUT2D eigenvalue weighted by atomic mass is 19.1. The van der Waals surface area contributed by atoms with Gasteiger partial charge in [-0.05, 0) is 36.3 Å². The van der Waals surface area contributed by atoms with Crippen molar-refractivity contribution in [1.29, 1.82) is 0 Å². The Morgan fingerprint density at radius 2 is 2.16 bits per heavy atom. The summed E-state index contributed by atoms with van der Waals surface area (Å²) in [5.41, 5.74) is 6.37. The Balaban J connectivity index is 2.14. The first-order chi connectivity index (χ1) is 8.85. The Hall–Kier alpha value is -1.78. The fraction of sp³-hybridized carbons (Fsp3) is 0.500. The average Bonchev–Trinajstić information content (AvgIpc) is 3.10. The van der Waals surface area contributed by atoms with Gasteiger partial charge < -0.3 is 16.2 Å². The highest BCUT2D eigenvalue weighted by Crippen LogP contribution is 2.51. The number of halogens is 1. The fourth-order valence-electron chi connectivity index (χ4n) is 2.30. The first-order valence-electron chi connectivity index (χ1n) is 6.42. The van der Waals surface area contributed by atoms with E-state index >= 15 is 0 Å². The summed E-state index contributed by atoms with van der Waals surface area (Å²) in [6, 6.07) is 2.32. The molecule has 1 aromatic rings. The Morgan fingerprint density at radius 3 is 2.63 bits per heavy atom. The van der Waals surface area contributed by atoms with Gasteiger partial charge in [-0.2, -0.15) is 0 Å². The van der Waals surface area contributed by atoms with Crippen molar-refractivity contribution in [2.45, 2.75) is 26.7 Å². The van der Waals surface area contributed by atoms with Gasteiger partial charge in [-0.3, -0.25) is 0 Å². The molecule has 0 unspecified atom stereocenters. The van der Waals surface area contributed by atoms with Crippen LogP contribution < -0.4 is 11.1 Å². The van der Waals surface area contributed by atoms with Crippen LogP contribution in [0.5, 0.6) is 0 Å². The number of carboxylic acid groups (broad SMARTS) is 1. The third-order valence-corrected chi connectivity index (χ3v) is 4.12. The molecule has 0 amide bonds. The zero-order valence-corrected chi connectivity index (χ0v) is 11.2. The standard InChI is InChI=1S/C14H19FN2O2/c1-8(2)14(3-4-14)7-17-12-6-10(15)9(13(18)19)5-11(12)16/h5-6,8,17H,3-4,7,16H2,1-2H3,(H,18,19). The van der Waals surface area contributed by atoms with Crippen molar-refractivity contribution in [2.75, 3.05) is 17.6 Å². The lowest BCUT2D eigenvalue weighted by Gasteiger charge is -2.21. The normalized spacial score (nSPS) is 16.4. The van der Waals surface area contributed by atoms with Gasteiger partial charge in [0.2, 0.25) is 0 Å². The van der Waals surface area contributed by atoms with Crippen LogP contribution in [0.15, 0.2) is 12.1 Å². The number of nitrogens with one attached hydrogen (secondary N) is 1. The van der Waals surface area contributed by atoms with Crippen LogP contribution in [0.3, 0.4) is 0 Å². The molecule has 0 atom stereocenters. The zero-order valence-electron chi connectivity index (χ0n) is 11.2. The second kappa shape index (κ2) is 4.72. The Labute approximate surface area is 111 Å². The van der Waals surface area contributed by atoms with E-state index in [1.54, 1.807) is 0 Å². The lowest BCUT2D eigenvalue weighted by atomic mass is 9.92. The molecule has 1 saturated carbocycles. The molecule has 0 spiro atoms. The summed E-state index contributed by atoms with van der Waals surface area (Å²) in [7, 11) is 0. The van der Waals surface area contributed by atoms with Crippen molar-refractivity contribution >= 4 is 17.3 Å². The summed E-state index contributed by atoms with van der Waals surface area (Å²) in [5.74, 6) is -1.51. The molecule has 1 aromatic carbocycles. The van der Waals surface area contributed by atoms with Gasteiger partial charge in [0.05, 0.1) is 16.9 Å². The van der Waals surface area contributed by atoms with E-state index in [0.717, 1.165) is 31.5 Å². The van der Waals surface area contributed by atoms with Crippen molar-refractivity contribution in [1.82, 2.24) is 0 Å². The van der Waals surface area contributed by atoms with E-state index < -0.39 is 17.3 Å². The van der Waals surface area contributed by atoms with Crippen LogP contribution in [0, 0.1) is 17.2 Å². The number of carbonyl (C=O) groups is 1. The summed E-state index contributed by atoms with van der Waals surface area (Å²) in [5, 5.41) is 12.0. The van der Waals surface area contributed by atoms with E-state index in [-0.39, 0.29) is 11.1 Å². The van der Waals surface area contributed by atoms with Crippen LogP contribution in [-0.4, -0.2) is 17.6 Å². The fourth-order valence-corrected chi connectivity index (χ4v) is 2.30. The summed E-state index contributed by atoms with van der Waals surface area (Å²) in [6.45, 7) is 5.08. The quantitative estimate of drug-likeness (QED) is 0.716. The number of nitrogen functional groups attached to an aromatic ring is 1. The molecule has 0 aliphatic heterocycles. The van der Waals surface area contributed by atoms with E-state index in [9.17, 15) is 9.18 Å². The third kappa shape index (κ3) is 2.64.